The van der Waals surface area contributed by atoms with Crippen molar-refractivity contribution in [2.45, 2.75) is 31.3 Å². The average Bonchev–Trinajstić information content (AvgIpc) is 2.92. The molecular weight excluding hydrogens is 296 g/mol. The lowest BCUT2D eigenvalue weighted by Crippen LogP contribution is -2.01. The second kappa shape index (κ2) is 7.48. The van der Waals surface area contributed by atoms with E-state index in [1.807, 2.05) is 19.2 Å². The summed E-state index contributed by atoms with van der Waals surface area (Å²) in [5, 5.41) is 18.6. The number of nitrogens with two attached hydrogens (primary N) is 1. The maximum atomic E-state index is 9.12. The molecule has 112 valence electrons. The Morgan fingerprint density at radius 3 is 2.68 bits per heavy atom. The molecule has 0 saturated heterocycles. The molecule has 22 heavy (non-hydrogen) atoms. The van der Waals surface area contributed by atoms with E-state index in [9.17, 15) is 0 Å². The Hall–Kier alpha value is -2.51. The van der Waals surface area contributed by atoms with Crippen molar-refractivity contribution in [3.63, 3.8) is 0 Å². The normalized spacial score (nSPS) is 10.1. The van der Waals surface area contributed by atoms with E-state index < -0.39 is 0 Å². The summed E-state index contributed by atoms with van der Waals surface area (Å²) < 4.78 is 2.11. The first-order valence-electron chi connectivity index (χ1n) is 6.87. The molecule has 2 rings (SSSR count). The first kappa shape index (κ1) is 15.9. The molecule has 0 aliphatic heterocycles. The van der Waals surface area contributed by atoms with Crippen LogP contribution in [0.4, 0.5) is 5.82 Å². The maximum absolute atomic E-state index is 9.12. The van der Waals surface area contributed by atoms with Crippen molar-refractivity contribution in [2.75, 3.05) is 11.5 Å². The molecule has 2 aromatic rings. The van der Waals surface area contributed by atoms with Crippen LogP contribution in [-0.4, -0.2) is 20.3 Å². The zero-order chi connectivity index (χ0) is 15.9. The summed E-state index contributed by atoms with van der Waals surface area (Å²) in [6, 6.07) is 5.50. The Balaban J connectivity index is 1.87. The maximum Gasteiger partial charge on any atom is 0.142 e. The molecule has 0 fully saturated rings. The van der Waals surface area contributed by atoms with Crippen LogP contribution < -0.4 is 5.73 Å². The Bertz CT molecular complexity index is 737. The van der Waals surface area contributed by atoms with Crippen LogP contribution in [0.1, 0.15) is 29.8 Å². The largest absolute Gasteiger partial charge is 0.383 e. The number of aryl methyl sites for hydroxylation is 2. The van der Waals surface area contributed by atoms with E-state index in [1.54, 1.807) is 6.20 Å². The fourth-order valence-electron chi connectivity index (χ4n) is 1.98. The highest BCUT2D eigenvalue weighted by molar-refractivity contribution is 7.99. The van der Waals surface area contributed by atoms with Gasteiger partial charge in [0.05, 0.1) is 11.1 Å². The standard InChI is InChI=1S/C15H16N6S/c1-11-19-4-6-21(11)5-2-3-7-22-15-13(10-17)8-12(9-16)14(18)20-15/h4,6,8H,2-3,5,7H2,1H3,(H2,18,20). The van der Waals surface area contributed by atoms with Gasteiger partial charge in [0.15, 0.2) is 0 Å². The van der Waals surface area contributed by atoms with E-state index in [2.05, 4.69) is 20.6 Å². The average molecular weight is 312 g/mol. The molecule has 0 radical (unpaired) electrons. The number of hydrogen-bond acceptors (Lipinski definition) is 6. The van der Waals surface area contributed by atoms with E-state index in [4.69, 9.17) is 16.3 Å². The summed E-state index contributed by atoms with van der Waals surface area (Å²) in [6.07, 6.45) is 5.79. The SMILES string of the molecule is Cc1nccn1CCCCSc1nc(N)c(C#N)cc1C#N. The number of nitriles is 2. The number of unbranched alkanes of at least 4 members (excludes halogenated alkanes) is 1. The second-order valence-corrected chi connectivity index (χ2v) is 5.80. The number of thioether (sulfide) groups is 1. The minimum absolute atomic E-state index is 0.179. The van der Waals surface area contributed by atoms with Crippen LogP contribution >= 0.6 is 11.8 Å². The van der Waals surface area contributed by atoms with Crippen LogP contribution in [0.2, 0.25) is 0 Å². The van der Waals surface area contributed by atoms with E-state index >= 15 is 0 Å². The van der Waals surface area contributed by atoms with Gasteiger partial charge in [-0.25, -0.2) is 9.97 Å². The highest BCUT2D eigenvalue weighted by Gasteiger charge is 2.10. The minimum Gasteiger partial charge on any atom is -0.383 e. The van der Waals surface area contributed by atoms with Gasteiger partial charge in [0.1, 0.15) is 28.8 Å². The summed E-state index contributed by atoms with van der Waals surface area (Å²) in [4.78, 5) is 8.34. The lowest BCUT2D eigenvalue weighted by atomic mass is 10.2. The number of aromatic nitrogens is 3. The number of nitrogen functional groups attached to an aromatic ring is 1. The molecule has 0 atom stereocenters. The lowest BCUT2D eigenvalue weighted by molar-refractivity contribution is 0.619. The molecular formula is C15H16N6S. The molecule has 0 unspecified atom stereocenters. The fraction of sp³-hybridized carbons (Fsp3) is 0.333. The van der Waals surface area contributed by atoms with Gasteiger partial charge in [-0.2, -0.15) is 10.5 Å². The number of rotatable bonds is 6. The van der Waals surface area contributed by atoms with Gasteiger partial charge in [-0.3, -0.25) is 0 Å². The van der Waals surface area contributed by atoms with Gasteiger partial charge in [-0.1, -0.05) is 0 Å². The number of hydrogen-bond donors (Lipinski definition) is 1. The molecule has 0 bridgehead atoms. The van der Waals surface area contributed by atoms with Gasteiger partial charge in [0, 0.05) is 18.9 Å². The Kier molecular flexibility index (Phi) is 5.40. The monoisotopic (exact) mass is 312 g/mol. The summed E-state index contributed by atoms with van der Waals surface area (Å²) in [7, 11) is 0. The van der Waals surface area contributed by atoms with Crippen LogP contribution in [0.25, 0.3) is 0 Å². The summed E-state index contributed by atoms with van der Waals surface area (Å²) in [5.41, 5.74) is 6.35. The smallest absolute Gasteiger partial charge is 0.142 e. The molecule has 0 amide bonds. The summed E-state index contributed by atoms with van der Waals surface area (Å²) >= 11 is 1.50. The topological polar surface area (TPSA) is 104 Å². The van der Waals surface area contributed by atoms with Crippen LogP contribution in [0, 0.1) is 29.6 Å². The molecule has 0 spiro atoms. The first-order valence-corrected chi connectivity index (χ1v) is 7.85. The lowest BCUT2D eigenvalue weighted by Gasteiger charge is -2.07. The molecule has 2 heterocycles. The zero-order valence-electron chi connectivity index (χ0n) is 12.3. The first-order chi connectivity index (χ1) is 10.7. The molecule has 0 aromatic carbocycles. The number of pyridine rings is 1. The predicted molar refractivity (Wildman–Crippen MR) is 85.0 cm³/mol. The molecule has 0 aliphatic rings. The third kappa shape index (κ3) is 3.78. The van der Waals surface area contributed by atoms with E-state index in [0.29, 0.717) is 10.6 Å². The molecule has 2 N–H and O–H groups in total. The molecule has 0 aliphatic carbocycles. The third-order valence-electron chi connectivity index (χ3n) is 3.21. The molecule has 6 nitrogen and oxygen atoms in total. The van der Waals surface area contributed by atoms with E-state index in [-0.39, 0.29) is 11.4 Å². The van der Waals surface area contributed by atoms with Gasteiger partial charge in [-0.15, -0.1) is 11.8 Å². The van der Waals surface area contributed by atoms with Crippen LogP contribution in [0.3, 0.4) is 0 Å². The Labute approximate surface area is 133 Å². The van der Waals surface area contributed by atoms with Crippen LogP contribution in [0.5, 0.6) is 0 Å². The van der Waals surface area contributed by atoms with Crippen molar-refractivity contribution in [1.29, 1.82) is 10.5 Å². The van der Waals surface area contributed by atoms with Gasteiger partial charge in [0.2, 0.25) is 0 Å². The highest BCUT2D eigenvalue weighted by atomic mass is 32.2. The van der Waals surface area contributed by atoms with E-state index in [1.165, 1.54) is 17.8 Å². The molecule has 7 heteroatoms. The number of anilines is 1. The van der Waals surface area contributed by atoms with Crippen molar-refractivity contribution in [1.82, 2.24) is 14.5 Å². The second-order valence-electron chi connectivity index (χ2n) is 4.72. The van der Waals surface area contributed by atoms with Crippen LogP contribution in [-0.2, 0) is 6.54 Å². The van der Waals surface area contributed by atoms with Crippen LogP contribution in [0.15, 0.2) is 23.5 Å². The fourth-order valence-corrected chi connectivity index (χ4v) is 2.95. The van der Waals surface area contributed by atoms with Gasteiger partial charge < -0.3 is 10.3 Å². The Morgan fingerprint density at radius 1 is 1.27 bits per heavy atom. The predicted octanol–water partition coefficient (Wildman–Crippen LogP) is 2.48. The van der Waals surface area contributed by atoms with E-state index in [0.717, 1.165) is 31.0 Å². The number of imidazole rings is 1. The number of nitrogens with zero attached hydrogens (tertiary/aromatic N) is 5. The van der Waals surface area contributed by atoms with Crippen molar-refractivity contribution in [3.05, 3.63) is 35.4 Å². The Morgan fingerprint density at radius 2 is 2.05 bits per heavy atom. The molecule has 0 saturated carbocycles. The quantitative estimate of drug-likeness (QED) is 0.649. The van der Waals surface area contributed by atoms with Crippen molar-refractivity contribution in [3.8, 4) is 12.1 Å². The summed E-state index contributed by atoms with van der Waals surface area (Å²) in [6.45, 7) is 2.91. The van der Waals surface area contributed by atoms with Crippen molar-refractivity contribution in [2.24, 2.45) is 0 Å². The third-order valence-corrected chi connectivity index (χ3v) is 4.29. The molecule has 2 aromatic heterocycles. The van der Waals surface area contributed by atoms with Gasteiger partial charge in [-0.05, 0) is 31.6 Å². The van der Waals surface area contributed by atoms with Crippen molar-refractivity contribution < 1.29 is 0 Å². The highest BCUT2D eigenvalue weighted by Crippen LogP contribution is 2.24. The minimum atomic E-state index is 0.179. The van der Waals surface area contributed by atoms with Gasteiger partial charge >= 0.3 is 0 Å². The van der Waals surface area contributed by atoms with Gasteiger partial charge in [0.25, 0.3) is 0 Å². The zero-order valence-corrected chi connectivity index (χ0v) is 13.1. The van der Waals surface area contributed by atoms with Crippen molar-refractivity contribution >= 4 is 17.6 Å². The summed E-state index contributed by atoms with van der Waals surface area (Å²) in [5.74, 6) is 2.04.